The highest BCUT2D eigenvalue weighted by Gasteiger charge is 2.35. The lowest BCUT2D eigenvalue weighted by Gasteiger charge is -2.36. The van der Waals surface area contributed by atoms with E-state index < -0.39 is 11.9 Å². The van der Waals surface area contributed by atoms with Crippen LogP contribution in [0.4, 0.5) is 23.2 Å². The van der Waals surface area contributed by atoms with Crippen molar-refractivity contribution in [3.63, 3.8) is 0 Å². The molecule has 156 valence electrons. The second kappa shape index (κ2) is 8.26. The third-order valence-electron chi connectivity index (χ3n) is 5.02. The summed E-state index contributed by atoms with van der Waals surface area (Å²) in [6, 6.07) is 7.10. The fourth-order valence-electron chi connectivity index (χ4n) is 3.24. The standard InChI is InChI=1S/C20H22F4N4O/c1-3-14(2)17-12-18(20(22,23)24)25-28(17)13-19(29)27-10-8-26(9-11-27)16-6-4-15(21)5-7-16/h3-7,12H,8-11,13H2,1-2H3/b14-3+. The first-order chi connectivity index (χ1) is 13.7. The molecule has 2 heterocycles. The van der Waals surface area contributed by atoms with E-state index in [0.717, 1.165) is 16.4 Å². The van der Waals surface area contributed by atoms with Crippen LogP contribution in [0, 0.1) is 5.82 Å². The summed E-state index contributed by atoms with van der Waals surface area (Å²) in [6.07, 6.45) is -2.89. The van der Waals surface area contributed by atoms with Crippen molar-refractivity contribution >= 4 is 17.2 Å². The molecule has 2 aromatic rings. The molecular formula is C20H22F4N4O. The smallest absolute Gasteiger partial charge is 0.368 e. The van der Waals surface area contributed by atoms with E-state index in [2.05, 4.69) is 5.10 Å². The third-order valence-corrected chi connectivity index (χ3v) is 5.02. The highest BCUT2D eigenvalue weighted by atomic mass is 19.4. The Morgan fingerprint density at radius 1 is 1.14 bits per heavy atom. The van der Waals surface area contributed by atoms with E-state index in [1.807, 2.05) is 4.90 Å². The van der Waals surface area contributed by atoms with Gasteiger partial charge in [-0.2, -0.15) is 18.3 Å². The molecule has 9 heteroatoms. The lowest BCUT2D eigenvalue weighted by atomic mass is 10.2. The largest absolute Gasteiger partial charge is 0.435 e. The molecule has 1 saturated heterocycles. The molecule has 0 unspecified atom stereocenters. The maximum Gasteiger partial charge on any atom is 0.435 e. The topological polar surface area (TPSA) is 41.4 Å². The number of amides is 1. The van der Waals surface area contributed by atoms with Crippen LogP contribution in [0.2, 0.25) is 0 Å². The number of anilines is 1. The second-order valence-corrected chi connectivity index (χ2v) is 6.89. The summed E-state index contributed by atoms with van der Waals surface area (Å²) in [5.74, 6) is -0.599. The molecule has 1 aliphatic heterocycles. The summed E-state index contributed by atoms with van der Waals surface area (Å²) in [6.45, 7) is 5.13. The van der Waals surface area contributed by atoms with E-state index in [4.69, 9.17) is 0 Å². The Hall–Kier alpha value is -2.84. The van der Waals surface area contributed by atoms with Gasteiger partial charge in [0.2, 0.25) is 5.91 Å². The molecular weight excluding hydrogens is 388 g/mol. The van der Waals surface area contributed by atoms with Crippen molar-refractivity contribution in [3.8, 4) is 0 Å². The van der Waals surface area contributed by atoms with E-state index in [9.17, 15) is 22.4 Å². The van der Waals surface area contributed by atoms with Gasteiger partial charge in [-0.3, -0.25) is 9.48 Å². The molecule has 1 aliphatic rings. The van der Waals surface area contributed by atoms with Crippen molar-refractivity contribution in [3.05, 3.63) is 53.6 Å². The maximum atomic E-state index is 13.1. The van der Waals surface area contributed by atoms with Gasteiger partial charge in [0.25, 0.3) is 0 Å². The quantitative estimate of drug-likeness (QED) is 0.720. The Morgan fingerprint density at radius 2 is 1.76 bits per heavy atom. The number of allylic oxidation sites excluding steroid dienone is 2. The molecule has 0 radical (unpaired) electrons. The van der Waals surface area contributed by atoms with Crippen molar-refractivity contribution in [2.75, 3.05) is 31.1 Å². The van der Waals surface area contributed by atoms with Crippen LogP contribution in [-0.4, -0.2) is 46.8 Å². The summed E-state index contributed by atoms with van der Waals surface area (Å²) < 4.78 is 53.3. The zero-order chi connectivity index (χ0) is 21.2. The van der Waals surface area contributed by atoms with Gasteiger partial charge in [0, 0.05) is 31.9 Å². The molecule has 0 N–H and O–H groups in total. The van der Waals surface area contributed by atoms with Gasteiger partial charge in [-0.25, -0.2) is 4.39 Å². The molecule has 0 atom stereocenters. The molecule has 0 aliphatic carbocycles. The summed E-state index contributed by atoms with van der Waals surface area (Å²) in [5.41, 5.74) is 0.745. The van der Waals surface area contributed by atoms with Gasteiger partial charge in [0.1, 0.15) is 12.4 Å². The molecule has 5 nitrogen and oxygen atoms in total. The number of piperazine rings is 1. The van der Waals surface area contributed by atoms with Crippen LogP contribution < -0.4 is 4.90 Å². The zero-order valence-corrected chi connectivity index (χ0v) is 16.2. The van der Waals surface area contributed by atoms with Crippen LogP contribution in [0.1, 0.15) is 25.2 Å². The number of carbonyl (C=O) groups is 1. The number of carbonyl (C=O) groups excluding carboxylic acids is 1. The minimum atomic E-state index is -4.57. The SMILES string of the molecule is C/C=C(\C)c1cc(C(F)(F)F)nn1CC(=O)N1CCN(c2ccc(F)cc2)CC1. The number of hydrogen-bond donors (Lipinski definition) is 0. The second-order valence-electron chi connectivity index (χ2n) is 6.89. The average molecular weight is 410 g/mol. The van der Waals surface area contributed by atoms with Crippen LogP contribution in [0.3, 0.4) is 0 Å². The van der Waals surface area contributed by atoms with Gasteiger partial charge in [-0.15, -0.1) is 0 Å². The summed E-state index contributed by atoms with van der Waals surface area (Å²) >= 11 is 0. The number of rotatable bonds is 4. The molecule has 0 saturated carbocycles. The van der Waals surface area contributed by atoms with Gasteiger partial charge >= 0.3 is 6.18 Å². The lowest BCUT2D eigenvalue weighted by molar-refractivity contribution is -0.142. The van der Waals surface area contributed by atoms with Gasteiger partial charge < -0.3 is 9.80 Å². The average Bonchev–Trinajstić information content (AvgIpc) is 3.12. The van der Waals surface area contributed by atoms with E-state index in [1.54, 1.807) is 37.0 Å². The minimum absolute atomic E-state index is 0.257. The van der Waals surface area contributed by atoms with E-state index in [1.165, 1.54) is 12.1 Å². The minimum Gasteiger partial charge on any atom is -0.368 e. The van der Waals surface area contributed by atoms with Crippen LogP contribution in [0.5, 0.6) is 0 Å². The van der Waals surface area contributed by atoms with Crippen LogP contribution in [0.25, 0.3) is 5.57 Å². The molecule has 0 spiro atoms. The number of halogens is 4. The Labute approximate surface area is 166 Å². The molecule has 29 heavy (non-hydrogen) atoms. The van der Waals surface area contributed by atoms with Gasteiger partial charge in [-0.1, -0.05) is 6.08 Å². The number of alkyl halides is 3. The van der Waals surface area contributed by atoms with Crippen LogP contribution in [0.15, 0.2) is 36.4 Å². The van der Waals surface area contributed by atoms with Gasteiger partial charge in [0.15, 0.2) is 5.69 Å². The van der Waals surface area contributed by atoms with Crippen LogP contribution in [-0.2, 0) is 17.5 Å². The van der Waals surface area contributed by atoms with Crippen LogP contribution >= 0.6 is 0 Å². The lowest BCUT2D eigenvalue weighted by Crippen LogP contribution is -2.49. The highest BCUT2D eigenvalue weighted by Crippen LogP contribution is 2.30. The molecule has 3 rings (SSSR count). The fourth-order valence-corrected chi connectivity index (χ4v) is 3.24. The molecule has 1 aromatic heterocycles. The summed E-state index contributed by atoms with van der Waals surface area (Å²) in [4.78, 5) is 16.3. The summed E-state index contributed by atoms with van der Waals surface area (Å²) in [5, 5.41) is 3.61. The first-order valence-electron chi connectivity index (χ1n) is 9.25. The Balaban J connectivity index is 1.68. The van der Waals surface area contributed by atoms with E-state index >= 15 is 0 Å². The number of aromatic nitrogens is 2. The normalized spacial score (nSPS) is 15.7. The van der Waals surface area contributed by atoms with Crippen molar-refractivity contribution in [1.82, 2.24) is 14.7 Å². The monoisotopic (exact) mass is 410 g/mol. The first-order valence-corrected chi connectivity index (χ1v) is 9.25. The summed E-state index contributed by atoms with van der Waals surface area (Å²) in [7, 11) is 0. The van der Waals surface area contributed by atoms with Crippen molar-refractivity contribution < 1.29 is 22.4 Å². The first kappa shape index (κ1) is 20.9. The Bertz CT molecular complexity index is 894. The van der Waals surface area contributed by atoms with Crippen molar-refractivity contribution in [2.24, 2.45) is 0 Å². The van der Waals surface area contributed by atoms with Crippen molar-refractivity contribution in [2.45, 2.75) is 26.6 Å². The Morgan fingerprint density at radius 3 is 2.31 bits per heavy atom. The number of hydrogen-bond acceptors (Lipinski definition) is 3. The maximum absolute atomic E-state index is 13.1. The molecule has 1 fully saturated rings. The van der Waals surface area contributed by atoms with Gasteiger partial charge in [0.05, 0.1) is 5.69 Å². The molecule has 1 amide bonds. The Kier molecular flexibility index (Phi) is 5.95. The molecule has 0 bridgehead atoms. The van der Waals surface area contributed by atoms with Crippen molar-refractivity contribution in [1.29, 1.82) is 0 Å². The van der Waals surface area contributed by atoms with E-state index in [-0.39, 0.29) is 24.0 Å². The van der Waals surface area contributed by atoms with E-state index in [0.29, 0.717) is 31.8 Å². The van der Waals surface area contributed by atoms with Gasteiger partial charge in [-0.05, 0) is 49.8 Å². The predicted octanol–water partition coefficient (Wildman–Crippen LogP) is 3.81. The zero-order valence-electron chi connectivity index (χ0n) is 16.2. The fraction of sp³-hybridized carbons (Fsp3) is 0.400. The predicted molar refractivity (Wildman–Crippen MR) is 102 cm³/mol. The molecule has 1 aromatic carbocycles. The number of nitrogens with zero attached hydrogens (tertiary/aromatic N) is 4. The third kappa shape index (κ3) is 4.78. The number of benzene rings is 1. The highest BCUT2D eigenvalue weighted by molar-refractivity contribution is 5.77.